The van der Waals surface area contributed by atoms with Crippen molar-refractivity contribution >= 4 is 17.2 Å². The van der Waals surface area contributed by atoms with Gasteiger partial charge in [-0.1, -0.05) is 39.8 Å². The monoisotopic (exact) mass is 366 g/mol. The van der Waals surface area contributed by atoms with Gasteiger partial charge in [-0.15, -0.1) is 0 Å². The van der Waals surface area contributed by atoms with Crippen molar-refractivity contribution in [3.05, 3.63) is 68.8 Å². The van der Waals surface area contributed by atoms with E-state index < -0.39 is 4.92 Å². The molecule has 0 radical (unpaired) electrons. The lowest BCUT2D eigenvalue weighted by molar-refractivity contribution is -0.384. The Morgan fingerprint density at radius 3 is 2.33 bits per heavy atom. The molecule has 0 aliphatic heterocycles. The Bertz CT molecular complexity index is 929. The molecular weight excluding hydrogens is 340 g/mol. The zero-order chi connectivity index (χ0) is 20.0. The Morgan fingerprint density at radius 1 is 1.00 bits per heavy atom. The zero-order valence-corrected chi connectivity index (χ0v) is 16.3. The summed E-state index contributed by atoms with van der Waals surface area (Å²) < 4.78 is 0. The zero-order valence-electron chi connectivity index (χ0n) is 16.3. The molecule has 0 aromatic heterocycles. The molecule has 2 aliphatic carbocycles. The number of nitrogens with zero attached hydrogens (tertiary/aromatic N) is 1. The summed E-state index contributed by atoms with van der Waals surface area (Å²) >= 11 is 0. The summed E-state index contributed by atoms with van der Waals surface area (Å²) in [6.07, 6.45) is 2.88. The molecule has 0 saturated heterocycles. The van der Waals surface area contributed by atoms with Crippen LogP contribution in [0.25, 0.3) is 0 Å². The van der Waals surface area contributed by atoms with Crippen molar-refractivity contribution < 1.29 is 9.72 Å². The molecule has 0 unspecified atom stereocenters. The van der Waals surface area contributed by atoms with Crippen molar-refractivity contribution in [1.82, 2.24) is 0 Å². The molecule has 2 aromatic rings. The van der Waals surface area contributed by atoms with Crippen LogP contribution in [0.3, 0.4) is 0 Å². The van der Waals surface area contributed by atoms with Gasteiger partial charge < -0.3 is 5.73 Å². The van der Waals surface area contributed by atoms with Gasteiger partial charge in [-0.3, -0.25) is 14.9 Å². The van der Waals surface area contributed by atoms with Crippen LogP contribution in [-0.4, -0.2) is 10.7 Å². The molecule has 27 heavy (non-hydrogen) atoms. The van der Waals surface area contributed by atoms with E-state index in [1.807, 2.05) is 19.9 Å². The highest BCUT2D eigenvalue weighted by Gasteiger charge is 2.36. The van der Waals surface area contributed by atoms with Crippen molar-refractivity contribution in [3.8, 4) is 0 Å². The maximum absolute atomic E-state index is 11.6. The molecule has 0 atom stereocenters. The number of nitrogens with two attached hydrogens (primary N) is 1. The van der Waals surface area contributed by atoms with Crippen LogP contribution in [0.5, 0.6) is 0 Å². The van der Waals surface area contributed by atoms with E-state index in [0.717, 1.165) is 11.3 Å². The van der Waals surface area contributed by atoms with Gasteiger partial charge in [0.15, 0.2) is 5.78 Å². The first-order valence-corrected chi connectivity index (χ1v) is 9.22. The first-order chi connectivity index (χ1) is 12.5. The smallest absolute Gasteiger partial charge is 0.270 e. The number of ketones is 1. The lowest BCUT2D eigenvalue weighted by Crippen LogP contribution is -2.12. The minimum Gasteiger partial charge on any atom is -0.399 e. The van der Waals surface area contributed by atoms with Gasteiger partial charge in [0, 0.05) is 29.8 Å². The van der Waals surface area contributed by atoms with E-state index in [4.69, 9.17) is 5.73 Å². The number of aryl methyl sites for hydroxylation is 1. The van der Waals surface area contributed by atoms with Gasteiger partial charge in [0.05, 0.1) is 4.92 Å². The summed E-state index contributed by atoms with van der Waals surface area (Å²) in [5.41, 5.74) is 11.1. The molecule has 5 nitrogen and oxygen atoms in total. The average molecular weight is 366 g/mol. The van der Waals surface area contributed by atoms with Crippen LogP contribution in [0.2, 0.25) is 0 Å². The lowest BCUT2D eigenvalue weighted by atomic mass is 9.86. The van der Waals surface area contributed by atoms with E-state index in [9.17, 15) is 14.9 Å². The average Bonchev–Trinajstić information content (AvgIpc) is 3.00. The number of carbonyl (C=O) groups excluding carboxylic acids is 1. The standard InChI is InChI=1S/C11H11NO3.C11H15N/c1-11(2)6-10(13)8-5-7(12(14)15)3-4-9(8)11;1-11(2)6-5-8-7-9(12)3-4-10(8)11/h3-5H,6H2,1-2H3;3-4,7H,5-6,12H2,1-2H3. The third-order valence-electron chi connectivity index (χ3n) is 5.72. The van der Waals surface area contributed by atoms with Crippen LogP contribution in [0, 0.1) is 10.1 Å². The van der Waals surface area contributed by atoms with Crippen molar-refractivity contribution in [1.29, 1.82) is 0 Å². The molecule has 0 bridgehead atoms. The molecule has 142 valence electrons. The van der Waals surface area contributed by atoms with Crippen molar-refractivity contribution in [2.24, 2.45) is 0 Å². The number of anilines is 1. The van der Waals surface area contributed by atoms with E-state index in [1.165, 1.54) is 36.1 Å². The second-order valence-electron chi connectivity index (χ2n) is 8.77. The van der Waals surface area contributed by atoms with Crippen LogP contribution in [0.15, 0.2) is 36.4 Å². The van der Waals surface area contributed by atoms with Gasteiger partial charge in [-0.2, -0.15) is 0 Å². The molecule has 2 aromatic carbocycles. The molecule has 4 rings (SSSR count). The molecule has 0 heterocycles. The van der Waals surface area contributed by atoms with Crippen LogP contribution in [0.4, 0.5) is 11.4 Å². The normalized spacial score (nSPS) is 18.3. The summed E-state index contributed by atoms with van der Waals surface area (Å²) in [6.45, 7) is 8.55. The van der Waals surface area contributed by atoms with E-state index in [0.29, 0.717) is 17.4 Å². The number of fused-ring (bicyclic) bond motifs is 2. The number of hydrogen-bond donors (Lipinski definition) is 1. The molecule has 0 amide bonds. The number of nitro benzene ring substituents is 1. The highest BCUT2D eigenvalue weighted by atomic mass is 16.6. The fourth-order valence-corrected chi connectivity index (χ4v) is 4.12. The predicted molar refractivity (Wildman–Crippen MR) is 107 cm³/mol. The second kappa shape index (κ2) is 6.48. The van der Waals surface area contributed by atoms with Crippen molar-refractivity contribution in [2.75, 3.05) is 5.73 Å². The number of Topliss-reactive ketones (excluding diaryl/α,β-unsaturated/α-hetero) is 1. The summed E-state index contributed by atoms with van der Waals surface area (Å²) in [5, 5.41) is 10.6. The number of carbonyl (C=O) groups is 1. The number of non-ortho nitro benzene ring substituents is 1. The van der Waals surface area contributed by atoms with E-state index in [1.54, 1.807) is 6.07 Å². The van der Waals surface area contributed by atoms with E-state index >= 15 is 0 Å². The van der Waals surface area contributed by atoms with Gasteiger partial charge >= 0.3 is 0 Å². The highest BCUT2D eigenvalue weighted by Crippen LogP contribution is 2.40. The third-order valence-corrected chi connectivity index (χ3v) is 5.72. The van der Waals surface area contributed by atoms with Gasteiger partial charge in [0.2, 0.25) is 0 Å². The second-order valence-corrected chi connectivity index (χ2v) is 8.77. The number of rotatable bonds is 1. The number of benzene rings is 2. The summed E-state index contributed by atoms with van der Waals surface area (Å²) in [7, 11) is 0. The Labute approximate surface area is 159 Å². The topological polar surface area (TPSA) is 86.2 Å². The SMILES string of the molecule is CC1(C)CC(=O)c2cc([N+](=O)[O-])ccc21.CC1(C)CCc2cc(N)ccc21. The van der Waals surface area contributed by atoms with E-state index in [2.05, 4.69) is 26.0 Å². The molecule has 0 fully saturated rings. The molecule has 0 saturated carbocycles. The summed E-state index contributed by atoms with van der Waals surface area (Å²) in [4.78, 5) is 21.7. The molecular formula is C22H26N2O3. The fraction of sp³-hybridized carbons (Fsp3) is 0.409. The first kappa shape index (κ1) is 19.1. The van der Waals surface area contributed by atoms with Crippen molar-refractivity contribution in [3.63, 3.8) is 0 Å². The van der Waals surface area contributed by atoms with Crippen LogP contribution in [0.1, 0.15) is 67.6 Å². The van der Waals surface area contributed by atoms with Gasteiger partial charge in [0.25, 0.3) is 5.69 Å². The Hall–Kier alpha value is -2.69. The number of nitrogen functional groups attached to an aromatic ring is 1. The van der Waals surface area contributed by atoms with Crippen LogP contribution in [-0.2, 0) is 17.3 Å². The Balaban J connectivity index is 0.000000159. The first-order valence-electron chi connectivity index (χ1n) is 9.22. The number of hydrogen-bond acceptors (Lipinski definition) is 4. The maximum Gasteiger partial charge on any atom is 0.270 e. The minimum absolute atomic E-state index is 0.00120. The summed E-state index contributed by atoms with van der Waals surface area (Å²) in [6, 6.07) is 10.8. The van der Waals surface area contributed by atoms with Gasteiger partial charge in [-0.25, -0.2) is 0 Å². The Morgan fingerprint density at radius 2 is 1.67 bits per heavy atom. The number of nitro groups is 1. The lowest BCUT2D eigenvalue weighted by Gasteiger charge is -2.18. The molecule has 0 spiro atoms. The predicted octanol–water partition coefficient (Wildman–Crippen LogP) is 4.95. The van der Waals surface area contributed by atoms with Crippen LogP contribution >= 0.6 is 0 Å². The maximum atomic E-state index is 11.6. The fourth-order valence-electron chi connectivity index (χ4n) is 4.12. The Kier molecular flexibility index (Phi) is 4.58. The minimum atomic E-state index is -0.473. The third kappa shape index (κ3) is 3.59. The quantitative estimate of drug-likeness (QED) is 0.439. The largest absolute Gasteiger partial charge is 0.399 e. The van der Waals surface area contributed by atoms with Gasteiger partial charge in [-0.05, 0) is 52.5 Å². The molecule has 5 heteroatoms. The van der Waals surface area contributed by atoms with Crippen molar-refractivity contribution in [2.45, 2.75) is 57.8 Å². The summed E-state index contributed by atoms with van der Waals surface area (Å²) in [5.74, 6) is -0.00120. The highest BCUT2D eigenvalue weighted by molar-refractivity contribution is 6.02. The van der Waals surface area contributed by atoms with Gasteiger partial charge in [0.1, 0.15) is 0 Å². The molecule has 2 N–H and O–H groups in total. The molecule has 2 aliphatic rings. The van der Waals surface area contributed by atoms with E-state index in [-0.39, 0.29) is 16.9 Å². The van der Waals surface area contributed by atoms with Crippen LogP contribution < -0.4 is 5.73 Å².